The van der Waals surface area contributed by atoms with E-state index in [4.69, 9.17) is 0 Å². The first-order valence-electron chi connectivity index (χ1n) is 9.45. The molecule has 0 saturated carbocycles. The van der Waals surface area contributed by atoms with E-state index in [0.717, 1.165) is 40.9 Å². The lowest BCUT2D eigenvalue weighted by atomic mass is 10.1. The molecule has 4 aromatic rings. The van der Waals surface area contributed by atoms with Gasteiger partial charge in [0.1, 0.15) is 0 Å². The Balaban J connectivity index is 1.27. The molecule has 0 aliphatic carbocycles. The van der Waals surface area contributed by atoms with Crippen LogP contribution in [0, 0.1) is 0 Å². The lowest BCUT2D eigenvalue weighted by Gasteiger charge is -2.39. The maximum atomic E-state index is 12.2. The minimum absolute atomic E-state index is 0.0285. The van der Waals surface area contributed by atoms with Crippen molar-refractivity contribution in [1.29, 1.82) is 0 Å². The van der Waals surface area contributed by atoms with Gasteiger partial charge < -0.3 is 0 Å². The zero-order valence-electron chi connectivity index (χ0n) is 15.9. The molecule has 150 valence electrons. The van der Waals surface area contributed by atoms with Crippen LogP contribution in [0.2, 0.25) is 0 Å². The third-order valence-electron chi connectivity index (χ3n) is 5.31. The molecule has 5 heterocycles. The van der Waals surface area contributed by atoms with Crippen molar-refractivity contribution in [2.45, 2.75) is 26.1 Å². The fourth-order valence-electron chi connectivity index (χ4n) is 3.82. The Labute approximate surface area is 174 Å². The van der Waals surface area contributed by atoms with Crippen molar-refractivity contribution < 1.29 is 0 Å². The quantitative estimate of drug-likeness (QED) is 0.491. The van der Waals surface area contributed by atoms with Crippen LogP contribution >= 0.6 is 22.7 Å². The molecule has 0 bridgehead atoms. The maximum absolute atomic E-state index is 12.2. The summed E-state index contributed by atoms with van der Waals surface area (Å²) in [6, 6.07) is 3.58. The molecular weight excluding hydrogens is 408 g/mol. The summed E-state index contributed by atoms with van der Waals surface area (Å²) in [4.78, 5) is 39.8. The second-order valence-corrected chi connectivity index (χ2v) is 9.08. The van der Waals surface area contributed by atoms with Crippen LogP contribution in [0.1, 0.15) is 18.3 Å². The first-order valence-corrected chi connectivity index (χ1v) is 11.2. The Hall–Kier alpha value is -2.40. The number of nitrogens with zero attached hydrogens (tertiary/aromatic N) is 6. The van der Waals surface area contributed by atoms with Gasteiger partial charge in [0.05, 0.1) is 11.4 Å². The Morgan fingerprint density at radius 2 is 1.52 bits per heavy atom. The standard InChI is InChI=1S/C19H20N6O2S2/c1-13-10-22(11-14-8-16(26)24-4-6-28-18(24)20-14)2-3-23(13)12-15-9-17(27)25-5-7-29-19(25)21-15/h4-9,13H,2-3,10-12H2,1H3. The molecule has 1 unspecified atom stereocenters. The van der Waals surface area contributed by atoms with Crippen LogP contribution in [-0.4, -0.2) is 54.2 Å². The van der Waals surface area contributed by atoms with E-state index in [9.17, 15) is 9.59 Å². The topological polar surface area (TPSA) is 75.2 Å². The van der Waals surface area contributed by atoms with Crippen molar-refractivity contribution >= 4 is 32.6 Å². The number of aromatic nitrogens is 4. The van der Waals surface area contributed by atoms with Gasteiger partial charge in [-0.3, -0.25) is 28.2 Å². The van der Waals surface area contributed by atoms with Crippen LogP contribution in [0.3, 0.4) is 0 Å². The average molecular weight is 429 g/mol. The smallest absolute Gasteiger partial charge is 0.258 e. The lowest BCUT2D eigenvalue weighted by molar-refractivity contribution is 0.0717. The van der Waals surface area contributed by atoms with Crippen molar-refractivity contribution in [3.05, 3.63) is 67.4 Å². The van der Waals surface area contributed by atoms with Crippen molar-refractivity contribution in [2.75, 3.05) is 19.6 Å². The highest BCUT2D eigenvalue weighted by Crippen LogP contribution is 2.16. The van der Waals surface area contributed by atoms with E-state index in [-0.39, 0.29) is 11.1 Å². The number of thiazole rings is 2. The van der Waals surface area contributed by atoms with Crippen LogP contribution in [0.15, 0.2) is 44.9 Å². The Morgan fingerprint density at radius 1 is 0.931 bits per heavy atom. The zero-order chi connectivity index (χ0) is 20.0. The first kappa shape index (κ1) is 18.6. The highest BCUT2D eigenvalue weighted by atomic mass is 32.1. The molecule has 1 aliphatic heterocycles. The van der Waals surface area contributed by atoms with Gasteiger partial charge in [-0.25, -0.2) is 9.97 Å². The molecule has 0 radical (unpaired) electrons. The lowest BCUT2D eigenvalue weighted by Crippen LogP contribution is -2.51. The van der Waals surface area contributed by atoms with Gasteiger partial charge in [-0.05, 0) is 6.92 Å². The minimum atomic E-state index is -0.0288. The molecule has 1 atom stereocenters. The number of piperazine rings is 1. The van der Waals surface area contributed by atoms with Crippen LogP contribution < -0.4 is 11.1 Å². The monoisotopic (exact) mass is 428 g/mol. The molecule has 0 aromatic carbocycles. The van der Waals surface area contributed by atoms with E-state index < -0.39 is 0 Å². The highest BCUT2D eigenvalue weighted by Gasteiger charge is 2.25. The summed E-state index contributed by atoms with van der Waals surface area (Å²) in [5.41, 5.74) is 1.57. The number of hydrogen-bond acceptors (Lipinski definition) is 8. The van der Waals surface area contributed by atoms with Gasteiger partial charge in [0, 0.05) is 74.1 Å². The van der Waals surface area contributed by atoms with E-state index >= 15 is 0 Å². The van der Waals surface area contributed by atoms with Gasteiger partial charge in [-0.15, -0.1) is 22.7 Å². The van der Waals surface area contributed by atoms with E-state index in [1.54, 1.807) is 33.3 Å². The second kappa shape index (κ2) is 7.45. The van der Waals surface area contributed by atoms with Crippen molar-refractivity contribution in [3.63, 3.8) is 0 Å². The molecule has 29 heavy (non-hydrogen) atoms. The summed E-state index contributed by atoms with van der Waals surface area (Å²) in [5.74, 6) is 0. The maximum Gasteiger partial charge on any atom is 0.258 e. The van der Waals surface area contributed by atoms with Gasteiger partial charge in [0.2, 0.25) is 0 Å². The molecular formula is C19H20N6O2S2. The van der Waals surface area contributed by atoms with E-state index in [1.165, 1.54) is 22.7 Å². The normalized spacial score (nSPS) is 18.7. The summed E-state index contributed by atoms with van der Waals surface area (Å²) >= 11 is 2.95. The largest absolute Gasteiger partial charge is 0.295 e. The molecule has 8 nitrogen and oxygen atoms in total. The van der Waals surface area contributed by atoms with E-state index in [2.05, 4.69) is 26.7 Å². The van der Waals surface area contributed by atoms with Gasteiger partial charge in [-0.1, -0.05) is 0 Å². The molecule has 0 amide bonds. The van der Waals surface area contributed by atoms with Gasteiger partial charge in [0.25, 0.3) is 11.1 Å². The first-order chi connectivity index (χ1) is 14.1. The van der Waals surface area contributed by atoms with Crippen molar-refractivity contribution in [1.82, 2.24) is 28.6 Å². The van der Waals surface area contributed by atoms with Crippen LogP contribution in [0.5, 0.6) is 0 Å². The molecule has 5 rings (SSSR count). The van der Waals surface area contributed by atoms with Crippen molar-refractivity contribution in [3.8, 4) is 0 Å². The summed E-state index contributed by atoms with van der Waals surface area (Å²) in [5, 5.41) is 3.75. The SMILES string of the molecule is CC1CN(Cc2cc(=O)n3ccsc3n2)CCN1Cc1cc(=O)n2ccsc2n1. The Kier molecular flexibility index (Phi) is 4.78. The third-order valence-corrected chi connectivity index (χ3v) is 6.83. The molecule has 1 aliphatic rings. The summed E-state index contributed by atoms with van der Waals surface area (Å²) in [7, 11) is 0. The number of hydrogen-bond donors (Lipinski definition) is 0. The van der Waals surface area contributed by atoms with Crippen LogP contribution in [0.4, 0.5) is 0 Å². The van der Waals surface area contributed by atoms with Crippen LogP contribution in [-0.2, 0) is 13.1 Å². The number of rotatable bonds is 4. The molecule has 4 aromatic heterocycles. The van der Waals surface area contributed by atoms with E-state index in [1.807, 2.05) is 10.8 Å². The zero-order valence-corrected chi connectivity index (χ0v) is 17.5. The third kappa shape index (κ3) is 3.64. The Morgan fingerprint density at radius 3 is 2.10 bits per heavy atom. The van der Waals surface area contributed by atoms with E-state index in [0.29, 0.717) is 19.1 Å². The predicted octanol–water partition coefficient (Wildman–Crippen LogP) is 1.53. The summed E-state index contributed by atoms with van der Waals surface area (Å²) < 4.78 is 3.16. The second-order valence-electron chi connectivity index (χ2n) is 7.34. The molecule has 0 N–H and O–H groups in total. The Bertz CT molecular complexity index is 1290. The molecule has 1 saturated heterocycles. The van der Waals surface area contributed by atoms with Crippen molar-refractivity contribution in [2.24, 2.45) is 0 Å². The number of fused-ring (bicyclic) bond motifs is 2. The molecule has 10 heteroatoms. The summed E-state index contributed by atoms with van der Waals surface area (Å²) in [6.07, 6.45) is 3.52. The fourth-order valence-corrected chi connectivity index (χ4v) is 5.30. The average Bonchev–Trinajstić information content (AvgIpc) is 3.33. The van der Waals surface area contributed by atoms with Gasteiger partial charge >= 0.3 is 0 Å². The molecule has 0 spiro atoms. The van der Waals surface area contributed by atoms with Gasteiger partial charge in [0.15, 0.2) is 9.92 Å². The molecule has 1 fully saturated rings. The highest BCUT2D eigenvalue weighted by molar-refractivity contribution is 7.15. The van der Waals surface area contributed by atoms with Crippen LogP contribution in [0.25, 0.3) is 9.92 Å². The fraction of sp³-hybridized carbons (Fsp3) is 0.368. The summed E-state index contributed by atoms with van der Waals surface area (Å²) in [6.45, 7) is 6.17. The minimum Gasteiger partial charge on any atom is -0.295 e. The van der Waals surface area contributed by atoms with Gasteiger partial charge in [-0.2, -0.15) is 0 Å². The predicted molar refractivity (Wildman–Crippen MR) is 114 cm³/mol.